The molecular weight excluding hydrogens is 335 g/mol. The van der Waals surface area contributed by atoms with Crippen LogP contribution in [0.5, 0.6) is 0 Å². The topological polar surface area (TPSA) is 17.1 Å². The van der Waals surface area contributed by atoms with Crippen LogP contribution in [0.2, 0.25) is 0 Å². The van der Waals surface area contributed by atoms with E-state index in [1.54, 1.807) is 0 Å². The lowest BCUT2D eigenvalue weighted by Crippen LogP contribution is -2.44. The Bertz CT molecular complexity index is 349. The minimum atomic E-state index is -0.0546. The number of alkyl halides is 1. The van der Waals surface area contributed by atoms with Crippen molar-refractivity contribution in [3.63, 3.8) is 0 Å². The quantitative estimate of drug-likeness (QED) is 0.455. The Kier molecular flexibility index (Phi) is 3.53. The second-order valence-electron chi connectivity index (χ2n) is 7.30. The number of halogens is 1. The summed E-state index contributed by atoms with van der Waals surface area (Å²) in [6, 6.07) is 0. The number of rotatable bonds is 0. The maximum atomic E-state index is 12.4. The smallest absolute Gasteiger partial charge is 0.139 e. The summed E-state index contributed by atoms with van der Waals surface area (Å²) in [5.74, 6) is 3.63. The van der Waals surface area contributed by atoms with E-state index in [1.807, 2.05) is 0 Å². The van der Waals surface area contributed by atoms with Crippen LogP contribution in [-0.2, 0) is 4.79 Å². The summed E-state index contributed by atoms with van der Waals surface area (Å²) < 4.78 is 0.753. The number of hydrogen-bond donors (Lipinski definition) is 0. The van der Waals surface area contributed by atoms with Gasteiger partial charge >= 0.3 is 0 Å². The van der Waals surface area contributed by atoms with E-state index >= 15 is 0 Å². The highest BCUT2D eigenvalue weighted by molar-refractivity contribution is 14.1. The lowest BCUT2D eigenvalue weighted by molar-refractivity contribution is -0.132. The predicted octanol–water partition coefficient (Wildman–Crippen LogP) is 4.62. The molecule has 5 atom stereocenters. The highest BCUT2D eigenvalue weighted by Gasteiger charge is 2.59. The van der Waals surface area contributed by atoms with Crippen LogP contribution < -0.4 is 0 Å². The van der Waals surface area contributed by atoms with Gasteiger partial charge in [0.15, 0.2) is 0 Å². The first-order chi connectivity index (χ1) is 8.53. The Morgan fingerprint density at radius 3 is 2.28 bits per heavy atom. The summed E-state index contributed by atoms with van der Waals surface area (Å²) in [5.41, 5.74) is -0.0546. The Morgan fingerprint density at radius 1 is 1.00 bits per heavy atom. The fraction of sp³-hybridized carbons (Fsp3) is 0.938. The standard InChI is InChI=1S/C16H25IO/c1-16(2)13(18)9-12-10-7-5-3-4-6-8-11(10)14(16)15(12)17/h10-12,14-15H,3-9H2,1-2H3/t10-,11+,12?,14?,15?/m1/s1. The summed E-state index contributed by atoms with van der Waals surface area (Å²) in [4.78, 5) is 12.4. The third-order valence-electron chi connectivity index (χ3n) is 6.11. The van der Waals surface area contributed by atoms with Gasteiger partial charge in [-0.1, -0.05) is 62.1 Å². The lowest BCUT2D eigenvalue weighted by atomic mass is 9.66. The van der Waals surface area contributed by atoms with Crippen LogP contribution in [0.3, 0.4) is 0 Å². The molecule has 0 N–H and O–H groups in total. The van der Waals surface area contributed by atoms with Gasteiger partial charge in [0.05, 0.1) is 0 Å². The highest BCUT2D eigenvalue weighted by Crippen LogP contribution is 2.61. The van der Waals surface area contributed by atoms with E-state index in [2.05, 4.69) is 36.4 Å². The molecule has 3 fully saturated rings. The zero-order valence-electron chi connectivity index (χ0n) is 11.6. The molecule has 0 aromatic rings. The van der Waals surface area contributed by atoms with E-state index in [1.165, 1.54) is 38.5 Å². The van der Waals surface area contributed by atoms with Gasteiger partial charge in [-0.05, 0) is 36.5 Å². The molecule has 3 aliphatic carbocycles. The van der Waals surface area contributed by atoms with Crippen LogP contribution in [0, 0.1) is 29.1 Å². The normalized spacial score (nSPS) is 47.3. The zero-order valence-corrected chi connectivity index (χ0v) is 13.8. The third-order valence-corrected chi connectivity index (χ3v) is 7.81. The van der Waals surface area contributed by atoms with Crippen LogP contribution in [0.15, 0.2) is 0 Å². The van der Waals surface area contributed by atoms with Gasteiger partial charge in [-0.3, -0.25) is 4.79 Å². The van der Waals surface area contributed by atoms with Gasteiger partial charge in [-0.2, -0.15) is 0 Å². The predicted molar refractivity (Wildman–Crippen MR) is 82.9 cm³/mol. The van der Waals surface area contributed by atoms with Gasteiger partial charge in [-0.25, -0.2) is 0 Å². The second-order valence-corrected chi connectivity index (χ2v) is 8.74. The largest absolute Gasteiger partial charge is 0.299 e. The molecule has 0 spiro atoms. The van der Waals surface area contributed by atoms with Crippen molar-refractivity contribution >= 4 is 28.4 Å². The molecule has 0 aromatic carbocycles. The van der Waals surface area contributed by atoms with E-state index in [4.69, 9.17) is 0 Å². The molecule has 0 radical (unpaired) electrons. The Hall–Kier alpha value is 0.400. The number of fused-ring (bicyclic) bond motifs is 5. The Morgan fingerprint density at radius 2 is 1.61 bits per heavy atom. The Labute approximate surface area is 125 Å². The van der Waals surface area contributed by atoms with Crippen molar-refractivity contribution in [3.05, 3.63) is 0 Å². The van der Waals surface area contributed by atoms with E-state index in [0.717, 1.165) is 22.2 Å². The van der Waals surface area contributed by atoms with Crippen molar-refractivity contribution < 1.29 is 4.79 Å². The highest BCUT2D eigenvalue weighted by atomic mass is 127. The van der Waals surface area contributed by atoms with Crippen LogP contribution in [0.4, 0.5) is 0 Å². The molecule has 0 aliphatic heterocycles. The molecule has 3 rings (SSSR count). The van der Waals surface area contributed by atoms with E-state index in [9.17, 15) is 4.79 Å². The first kappa shape index (κ1) is 13.4. The number of hydrogen-bond acceptors (Lipinski definition) is 1. The minimum absolute atomic E-state index is 0.0546. The first-order valence-corrected chi connectivity index (χ1v) is 8.95. The SMILES string of the molecule is CC1(C)C(=O)CC2C(I)C1[C@H]1CCCCCC[C@@H]21. The summed E-state index contributed by atoms with van der Waals surface area (Å²) in [7, 11) is 0. The van der Waals surface area contributed by atoms with Gasteiger partial charge in [0.25, 0.3) is 0 Å². The van der Waals surface area contributed by atoms with Gasteiger partial charge < -0.3 is 0 Å². The molecule has 0 amide bonds. The molecule has 3 saturated carbocycles. The van der Waals surface area contributed by atoms with Gasteiger partial charge in [0, 0.05) is 15.8 Å². The first-order valence-electron chi connectivity index (χ1n) is 7.71. The Balaban J connectivity index is 1.95. The van der Waals surface area contributed by atoms with Gasteiger partial charge in [0.2, 0.25) is 0 Å². The number of Topliss-reactive ketones (excluding diaryl/α,β-unsaturated/α-hetero) is 1. The molecule has 2 heteroatoms. The molecule has 18 heavy (non-hydrogen) atoms. The van der Waals surface area contributed by atoms with E-state index < -0.39 is 0 Å². The molecule has 0 aromatic heterocycles. The molecule has 0 saturated heterocycles. The second kappa shape index (κ2) is 4.75. The van der Waals surface area contributed by atoms with Crippen LogP contribution >= 0.6 is 22.6 Å². The monoisotopic (exact) mass is 360 g/mol. The van der Waals surface area contributed by atoms with E-state index in [0.29, 0.717) is 17.6 Å². The zero-order chi connectivity index (χ0) is 12.9. The van der Waals surface area contributed by atoms with Crippen LogP contribution in [0.1, 0.15) is 58.8 Å². The average molecular weight is 360 g/mol. The molecule has 102 valence electrons. The minimum Gasteiger partial charge on any atom is -0.299 e. The van der Waals surface area contributed by atoms with Crippen LogP contribution in [-0.4, -0.2) is 9.71 Å². The summed E-state index contributed by atoms with van der Waals surface area (Å²) in [6.45, 7) is 4.45. The number of ketones is 1. The fourth-order valence-corrected chi connectivity index (χ4v) is 7.34. The van der Waals surface area contributed by atoms with Crippen molar-refractivity contribution in [1.82, 2.24) is 0 Å². The molecule has 0 heterocycles. The fourth-order valence-electron chi connectivity index (χ4n) is 5.12. The molecular formula is C16H25IO. The maximum Gasteiger partial charge on any atom is 0.139 e. The molecule has 1 nitrogen and oxygen atoms in total. The third kappa shape index (κ3) is 1.89. The maximum absolute atomic E-state index is 12.4. The van der Waals surface area contributed by atoms with Crippen molar-refractivity contribution in [2.75, 3.05) is 0 Å². The van der Waals surface area contributed by atoms with Crippen molar-refractivity contribution in [3.8, 4) is 0 Å². The molecule has 3 aliphatic rings. The molecule has 3 unspecified atom stereocenters. The van der Waals surface area contributed by atoms with Crippen molar-refractivity contribution in [2.24, 2.45) is 29.1 Å². The van der Waals surface area contributed by atoms with Crippen LogP contribution in [0.25, 0.3) is 0 Å². The molecule has 2 bridgehead atoms. The summed E-state index contributed by atoms with van der Waals surface area (Å²) >= 11 is 2.68. The van der Waals surface area contributed by atoms with Crippen molar-refractivity contribution in [2.45, 2.75) is 62.7 Å². The van der Waals surface area contributed by atoms with E-state index in [-0.39, 0.29) is 5.41 Å². The van der Waals surface area contributed by atoms with Crippen molar-refractivity contribution in [1.29, 1.82) is 0 Å². The van der Waals surface area contributed by atoms with Gasteiger partial charge in [0.1, 0.15) is 5.78 Å². The lowest BCUT2D eigenvalue weighted by Gasteiger charge is -2.40. The summed E-state index contributed by atoms with van der Waals surface area (Å²) in [5, 5.41) is 0. The number of carbonyl (C=O) groups excluding carboxylic acids is 1. The number of carbonyl (C=O) groups is 1. The van der Waals surface area contributed by atoms with Gasteiger partial charge in [-0.15, -0.1) is 0 Å². The summed E-state index contributed by atoms with van der Waals surface area (Å²) in [6.07, 6.45) is 9.31. The average Bonchev–Trinajstić information content (AvgIpc) is 2.47.